The maximum Gasteiger partial charge on any atom is 0.0802 e. The van der Waals surface area contributed by atoms with Crippen LogP contribution in [0, 0.1) is 5.92 Å². The van der Waals surface area contributed by atoms with Crippen molar-refractivity contribution in [2.45, 2.75) is 32.8 Å². The van der Waals surface area contributed by atoms with Gasteiger partial charge in [0.25, 0.3) is 0 Å². The largest absolute Gasteiger partial charge is 0.388 e. The molecule has 0 bridgehead atoms. The standard InChI is InChI=1S/C20H27NO/c1-16(2)12-14-21-15-13-20(22)19-10-8-18(9-11-19)17-6-4-3-5-7-17/h3-11,16,20-22H,12-15H2,1-2H3. The lowest BCUT2D eigenvalue weighted by molar-refractivity contribution is 0.167. The zero-order valence-corrected chi connectivity index (χ0v) is 13.6. The molecule has 2 aromatic carbocycles. The van der Waals surface area contributed by atoms with E-state index in [9.17, 15) is 5.11 Å². The van der Waals surface area contributed by atoms with E-state index in [2.05, 4.69) is 43.4 Å². The lowest BCUT2D eigenvalue weighted by atomic mass is 10.0. The van der Waals surface area contributed by atoms with Crippen molar-refractivity contribution in [3.63, 3.8) is 0 Å². The molecule has 0 fully saturated rings. The van der Waals surface area contributed by atoms with E-state index in [0.717, 1.165) is 31.0 Å². The molecule has 2 N–H and O–H groups in total. The summed E-state index contributed by atoms with van der Waals surface area (Å²) in [5.41, 5.74) is 3.39. The zero-order chi connectivity index (χ0) is 15.8. The Bertz CT molecular complexity index is 533. The van der Waals surface area contributed by atoms with E-state index in [1.165, 1.54) is 17.5 Å². The minimum Gasteiger partial charge on any atom is -0.388 e. The second-order valence-electron chi connectivity index (χ2n) is 6.23. The number of nitrogens with one attached hydrogen (secondary N) is 1. The van der Waals surface area contributed by atoms with Gasteiger partial charge in [-0.3, -0.25) is 0 Å². The number of rotatable bonds is 8. The Hall–Kier alpha value is -1.64. The first-order valence-corrected chi connectivity index (χ1v) is 8.21. The molecular weight excluding hydrogens is 270 g/mol. The summed E-state index contributed by atoms with van der Waals surface area (Å²) in [4.78, 5) is 0. The molecule has 2 heteroatoms. The molecule has 1 unspecified atom stereocenters. The van der Waals surface area contributed by atoms with Crippen LogP contribution in [0.5, 0.6) is 0 Å². The van der Waals surface area contributed by atoms with Crippen LogP contribution in [0.25, 0.3) is 11.1 Å². The molecular formula is C20H27NO. The number of aliphatic hydroxyl groups is 1. The Morgan fingerprint density at radius 3 is 2.05 bits per heavy atom. The minimum absolute atomic E-state index is 0.392. The molecule has 2 aromatic rings. The Morgan fingerprint density at radius 1 is 0.818 bits per heavy atom. The van der Waals surface area contributed by atoms with Gasteiger partial charge in [0.1, 0.15) is 0 Å². The molecule has 0 heterocycles. The third kappa shape index (κ3) is 5.28. The van der Waals surface area contributed by atoms with Gasteiger partial charge >= 0.3 is 0 Å². The van der Waals surface area contributed by atoms with E-state index in [1.807, 2.05) is 30.3 Å². The first kappa shape index (κ1) is 16.7. The Balaban J connectivity index is 1.82. The highest BCUT2D eigenvalue weighted by atomic mass is 16.3. The second kappa shape index (κ2) is 8.72. The molecule has 0 aromatic heterocycles. The van der Waals surface area contributed by atoms with Crippen LogP contribution in [0.2, 0.25) is 0 Å². The summed E-state index contributed by atoms with van der Waals surface area (Å²) >= 11 is 0. The highest BCUT2D eigenvalue weighted by molar-refractivity contribution is 5.63. The quantitative estimate of drug-likeness (QED) is 0.707. The molecule has 0 aliphatic rings. The highest BCUT2D eigenvalue weighted by Gasteiger charge is 2.07. The van der Waals surface area contributed by atoms with Gasteiger partial charge in [-0.05, 0) is 48.5 Å². The highest BCUT2D eigenvalue weighted by Crippen LogP contribution is 2.22. The van der Waals surface area contributed by atoms with E-state index in [4.69, 9.17) is 0 Å². The first-order chi connectivity index (χ1) is 10.7. The monoisotopic (exact) mass is 297 g/mol. The average molecular weight is 297 g/mol. The lowest BCUT2D eigenvalue weighted by Gasteiger charge is -2.13. The van der Waals surface area contributed by atoms with Gasteiger partial charge in [-0.25, -0.2) is 0 Å². The molecule has 0 radical (unpaired) electrons. The number of aliphatic hydroxyl groups excluding tert-OH is 1. The molecule has 118 valence electrons. The molecule has 0 saturated carbocycles. The number of hydrogen-bond acceptors (Lipinski definition) is 2. The van der Waals surface area contributed by atoms with Crippen LogP contribution in [0.1, 0.15) is 38.4 Å². The van der Waals surface area contributed by atoms with Crippen LogP contribution in [0.15, 0.2) is 54.6 Å². The van der Waals surface area contributed by atoms with E-state index < -0.39 is 6.10 Å². The molecule has 2 rings (SSSR count). The third-order valence-corrected chi connectivity index (χ3v) is 3.90. The van der Waals surface area contributed by atoms with E-state index in [1.54, 1.807) is 0 Å². The van der Waals surface area contributed by atoms with Crippen LogP contribution in [0.4, 0.5) is 0 Å². The maximum absolute atomic E-state index is 10.3. The third-order valence-electron chi connectivity index (χ3n) is 3.90. The molecule has 2 nitrogen and oxygen atoms in total. The predicted molar refractivity (Wildman–Crippen MR) is 93.8 cm³/mol. The molecule has 0 aliphatic carbocycles. The van der Waals surface area contributed by atoms with Crippen molar-refractivity contribution in [1.82, 2.24) is 5.32 Å². The summed E-state index contributed by atoms with van der Waals surface area (Å²) in [5, 5.41) is 13.6. The van der Waals surface area contributed by atoms with Crippen LogP contribution in [-0.4, -0.2) is 18.2 Å². The smallest absolute Gasteiger partial charge is 0.0802 e. The Kier molecular flexibility index (Phi) is 6.63. The summed E-state index contributed by atoms with van der Waals surface area (Å²) in [6.45, 7) is 6.33. The van der Waals surface area contributed by atoms with Crippen molar-refractivity contribution in [2.75, 3.05) is 13.1 Å². The second-order valence-corrected chi connectivity index (χ2v) is 6.23. The van der Waals surface area contributed by atoms with Crippen molar-refractivity contribution >= 4 is 0 Å². The first-order valence-electron chi connectivity index (χ1n) is 8.21. The topological polar surface area (TPSA) is 32.3 Å². The van der Waals surface area contributed by atoms with Crippen LogP contribution in [-0.2, 0) is 0 Å². The normalized spacial score (nSPS) is 12.5. The molecule has 1 atom stereocenters. The Morgan fingerprint density at radius 2 is 1.41 bits per heavy atom. The van der Waals surface area contributed by atoms with E-state index >= 15 is 0 Å². The fourth-order valence-corrected chi connectivity index (χ4v) is 2.45. The van der Waals surface area contributed by atoms with Gasteiger partial charge in [0.15, 0.2) is 0 Å². The van der Waals surface area contributed by atoms with Crippen molar-refractivity contribution in [3.05, 3.63) is 60.2 Å². The average Bonchev–Trinajstić information content (AvgIpc) is 2.55. The molecule has 22 heavy (non-hydrogen) atoms. The van der Waals surface area contributed by atoms with Crippen molar-refractivity contribution in [3.8, 4) is 11.1 Å². The minimum atomic E-state index is -0.392. The summed E-state index contributed by atoms with van der Waals surface area (Å²) < 4.78 is 0. The fraction of sp³-hybridized carbons (Fsp3) is 0.400. The SMILES string of the molecule is CC(C)CCNCCC(O)c1ccc(-c2ccccc2)cc1. The predicted octanol–water partition coefficient (Wildman–Crippen LogP) is 4.41. The van der Waals surface area contributed by atoms with Gasteiger partial charge in [-0.1, -0.05) is 68.4 Å². The van der Waals surface area contributed by atoms with Crippen molar-refractivity contribution in [2.24, 2.45) is 5.92 Å². The number of hydrogen-bond donors (Lipinski definition) is 2. The fourth-order valence-electron chi connectivity index (χ4n) is 2.45. The van der Waals surface area contributed by atoms with Gasteiger partial charge in [0, 0.05) is 0 Å². The summed E-state index contributed by atoms with van der Waals surface area (Å²) in [6, 6.07) is 18.5. The molecule has 0 aliphatic heterocycles. The van der Waals surface area contributed by atoms with Gasteiger partial charge < -0.3 is 10.4 Å². The van der Waals surface area contributed by atoms with E-state index in [-0.39, 0.29) is 0 Å². The zero-order valence-electron chi connectivity index (χ0n) is 13.6. The van der Waals surface area contributed by atoms with Gasteiger partial charge in [-0.15, -0.1) is 0 Å². The van der Waals surface area contributed by atoms with Crippen molar-refractivity contribution < 1.29 is 5.11 Å². The summed E-state index contributed by atoms with van der Waals surface area (Å²) in [6.07, 6.45) is 1.54. The maximum atomic E-state index is 10.3. The molecule has 0 amide bonds. The van der Waals surface area contributed by atoms with E-state index in [0.29, 0.717) is 0 Å². The van der Waals surface area contributed by atoms with Crippen LogP contribution in [0.3, 0.4) is 0 Å². The van der Waals surface area contributed by atoms with Crippen LogP contribution < -0.4 is 5.32 Å². The van der Waals surface area contributed by atoms with Crippen molar-refractivity contribution in [1.29, 1.82) is 0 Å². The summed E-state index contributed by atoms with van der Waals surface area (Å²) in [7, 11) is 0. The molecule has 0 spiro atoms. The van der Waals surface area contributed by atoms with Gasteiger partial charge in [0.2, 0.25) is 0 Å². The van der Waals surface area contributed by atoms with Gasteiger partial charge in [-0.2, -0.15) is 0 Å². The number of benzene rings is 2. The lowest BCUT2D eigenvalue weighted by Crippen LogP contribution is -2.20. The Labute approximate surface area is 134 Å². The van der Waals surface area contributed by atoms with Gasteiger partial charge in [0.05, 0.1) is 6.10 Å². The summed E-state index contributed by atoms with van der Waals surface area (Å²) in [5.74, 6) is 0.725. The molecule has 0 saturated heterocycles. The van der Waals surface area contributed by atoms with Crippen LogP contribution >= 0.6 is 0 Å².